The summed E-state index contributed by atoms with van der Waals surface area (Å²) in [4.78, 5) is 15.3. The summed E-state index contributed by atoms with van der Waals surface area (Å²) in [6.45, 7) is 5.37. The van der Waals surface area contributed by atoms with Crippen LogP contribution in [0.3, 0.4) is 0 Å². The van der Waals surface area contributed by atoms with Crippen molar-refractivity contribution in [3.63, 3.8) is 0 Å². The summed E-state index contributed by atoms with van der Waals surface area (Å²) in [5, 5.41) is 2.96. The minimum atomic E-state index is -3.55. The highest BCUT2D eigenvalue weighted by Crippen LogP contribution is 2.27. The zero-order valence-corrected chi connectivity index (χ0v) is 19.0. The van der Waals surface area contributed by atoms with Crippen LogP contribution in [0.5, 0.6) is 0 Å². The van der Waals surface area contributed by atoms with Gasteiger partial charge in [0.25, 0.3) is 5.91 Å². The number of carbonyl (C=O) groups is 1. The van der Waals surface area contributed by atoms with Crippen molar-refractivity contribution in [2.75, 3.05) is 37.6 Å². The van der Waals surface area contributed by atoms with Crippen LogP contribution in [0.1, 0.15) is 47.2 Å². The number of hydrogen-bond acceptors (Lipinski definition) is 4. The molecule has 1 fully saturated rings. The molecule has 4 rings (SSSR count). The lowest BCUT2D eigenvalue weighted by molar-refractivity contribution is 0.0953. The SMILES string of the molecule is Cc1ccc(C(=O)NCCCN2CCCc3ccccc32)cc1S(=O)(=O)N1CCCC1. The van der Waals surface area contributed by atoms with E-state index in [9.17, 15) is 13.2 Å². The molecule has 2 aliphatic rings. The van der Waals surface area contributed by atoms with Gasteiger partial charge in [-0.1, -0.05) is 24.3 Å². The number of amides is 1. The lowest BCUT2D eigenvalue weighted by Gasteiger charge is -2.31. The number of nitrogens with zero attached hydrogens (tertiary/aromatic N) is 2. The van der Waals surface area contributed by atoms with Gasteiger partial charge in [0.15, 0.2) is 0 Å². The minimum Gasteiger partial charge on any atom is -0.371 e. The molecule has 2 aliphatic heterocycles. The molecule has 166 valence electrons. The molecule has 0 bridgehead atoms. The van der Waals surface area contributed by atoms with Gasteiger partial charge < -0.3 is 10.2 Å². The second kappa shape index (κ2) is 9.40. The minimum absolute atomic E-state index is 0.225. The van der Waals surface area contributed by atoms with E-state index in [1.165, 1.54) is 21.6 Å². The Labute approximate surface area is 185 Å². The van der Waals surface area contributed by atoms with Crippen molar-refractivity contribution in [2.45, 2.75) is 43.9 Å². The highest BCUT2D eigenvalue weighted by Gasteiger charge is 2.29. The molecule has 7 heteroatoms. The van der Waals surface area contributed by atoms with Crippen LogP contribution < -0.4 is 10.2 Å². The number of fused-ring (bicyclic) bond motifs is 1. The van der Waals surface area contributed by atoms with Crippen molar-refractivity contribution in [3.8, 4) is 0 Å². The summed E-state index contributed by atoms with van der Waals surface area (Å²) in [5.74, 6) is -0.225. The number of nitrogens with one attached hydrogen (secondary N) is 1. The number of aryl methyl sites for hydroxylation is 2. The van der Waals surface area contributed by atoms with Crippen LogP contribution in [0.4, 0.5) is 5.69 Å². The van der Waals surface area contributed by atoms with Crippen LogP contribution in [0.2, 0.25) is 0 Å². The van der Waals surface area contributed by atoms with Gasteiger partial charge >= 0.3 is 0 Å². The van der Waals surface area contributed by atoms with E-state index in [0.29, 0.717) is 30.8 Å². The van der Waals surface area contributed by atoms with E-state index in [4.69, 9.17) is 0 Å². The summed E-state index contributed by atoms with van der Waals surface area (Å²) in [6.07, 6.45) is 4.89. The highest BCUT2D eigenvalue weighted by molar-refractivity contribution is 7.89. The standard InChI is InChI=1S/C24H31N3O3S/c1-19-11-12-21(18-23(19)31(29,30)27-16-4-5-17-27)24(28)25-13-7-15-26-14-6-9-20-8-2-3-10-22(20)26/h2-3,8,10-12,18H,4-7,9,13-17H2,1H3,(H,25,28). The Balaban J connectivity index is 1.35. The van der Waals surface area contributed by atoms with Gasteiger partial charge in [0.2, 0.25) is 10.0 Å². The molecule has 1 amide bonds. The number of benzene rings is 2. The van der Waals surface area contributed by atoms with Gasteiger partial charge in [-0.2, -0.15) is 4.31 Å². The van der Waals surface area contributed by atoms with E-state index in [-0.39, 0.29) is 10.8 Å². The van der Waals surface area contributed by atoms with Crippen molar-refractivity contribution >= 4 is 21.6 Å². The molecule has 2 aromatic rings. The Morgan fingerprint density at radius 3 is 2.61 bits per heavy atom. The van der Waals surface area contributed by atoms with Crippen molar-refractivity contribution in [3.05, 3.63) is 59.2 Å². The fourth-order valence-corrected chi connectivity index (χ4v) is 6.27. The van der Waals surface area contributed by atoms with Crippen LogP contribution in [0, 0.1) is 6.92 Å². The predicted molar refractivity (Wildman–Crippen MR) is 123 cm³/mol. The average molecular weight is 442 g/mol. The van der Waals surface area contributed by atoms with Crippen LogP contribution in [-0.2, 0) is 16.4 Å². The molecule has 0 aromatic heterocycles. The van der Waals surface area contributed by atoms with Crippen molar-refractivity contribution < 1.29 is 13.2 Å². The molecule has 31 heavy (non-hydrogen) atoms. The number of carbonyl (C=O) groups excluding carboxylic acids is 1. The molecular formula is C24H31N3O3S. The van der Waals surface area contributed by atoms with Crippen molar-refractivity contribution in [1.29, 1.82) is 0 Å². The van der Waals surface area contributed by atoms with Gasteiger partial charge in [-0.3, -0.25) is 4.79 Å². The molecule has 1 N–H and O–H groups in total. The zero-order chi connectivity index (χ0) is 21.8. The van der Waals surface area contributed by atoms with E-state index >= 15 is 0 Å². The number of sulfonamides is 1. The monoisotopic (exact) mass is 441 g/mol. The molecule has 0 saturated carbocycles. The maximum atomic E-state index is 13.0. The lowest BCUT2D eigenvalue weighted by Crippen LogP contribution is -2.33. The first-order valence-corrected chi connectivity index (χ1v) is 12.6. The Bertz CT molecular complexity index is 1050. The third-order valence-corrected chi connectivity index (χ3v) is 8.27. The summed E-state index contributed by atoms with van der Waals surface area (Å²) < 4.78 is 27.4. The van der Waals surface area contributed by atoms with Crippen LogP contribution in [0.15, 0.2) is 47.4 Å². The van der Waals surface area contributed by atoms with Gasteiger partial charge in [0.05, 0.1) is 4.90 Å². The Kier molecular flexibility index (Phi) is 6.62. The topological polar surface area (TPSA) is 69.7 Å². The maximum absolute atomic E-state index is 13.0. The molecule has 0 radical (unpaired) electrons. The largest absolute Gasteiger partial charge is 0.371 e. The lowest BCUT2D eigenvalue weighted by atomic mass is 10.0. The molecule has 0 spiro atoms. The first-order chi connectivity index (χ1) is 15.0. The first-order valence-electron chi connectivity index (χ1n) is 11.2. The van der Waals surface area contributed by atoms with Gasteiger partial charge in [-0.15, -0.1) is 0 Å². The average Bonchev–Trinajstić information content (AvgIpc) is 3.33. The van der Waals surface area contributed by atoms with Crippen LogP contribution >= 0.6 is 0 Å². The number of rotatable bonds is 7. The second-order valence-electron chi connectivity index (χ2n) is 8.42. The van der Waals surface area contributed by atoms with Gasteiger partial charge in [-0.05, 0) is 68.4 Å². The van der Waals surface area contributed by atoms with Crippen LogP contribution in [-0.4, -0.2) is 51.4 Å². The third kappa shape index (κ3) is 4.77. The molecule has 0 aliphatic carbocycles. The van der Waals surface area contributed by atoms with E-state index in [2.05, 4.69) is 34.5 Å². The second-order valence-corrected chi connectivity index (χ2v) is 10.3. The number of para-hydroxylation sites is 1. The smallest absolute Gasteiger partial charge is 0.251 e. The summed E-state index contributed by atoms with van der Waals surface area (Å²) >= 11 is 0. The Hall–Kier alpha value is -2.38. The first kappa shape index (κ1) is 21.8. The molecule has 0 unspecified atom stereocenters. The number of anilines is 1. The van der Waals surface area contributed by atoms with E-state index in [1.54, 1.807) is 19.1 Å². The van der Waals surface area contributed by atoms with Gasteiger partial charge in [-0.25, -0.2) is 8.42 Å². The Morgan fingerprint density at radius 1 is 1.03 bits per heavy atom. The molecular weight excluding hydrogens is 410 g/mol. The summed E-state index contributed by atoms with van der Waals surface area (Å²) in [5.41, 5.74) is 3.76. The number of hydrogen-bond donors (Lipinski definition) is 1. The quantitative estimate of drug-likeness (QED) is 0.669. The molecule has 6 nitrogen and oxygen atoms in total. The fraction of sp³-hybridized carbons (Fsp3) is 0.458. The predicted octanol–water partition coefficient (Wildman–Crippen LogP) is 3.35. The summed E-state index contributed by atoms with van der Waals surface area (Å²) in [6, 6.07) is 13.5. The zero-order valence-electron chi connectivity index (χ0n) is 18.1. The normalized spacial score (nSPS) is 16.9. The van der Waals surface area contributed by atoms with Crippen molar-refractivity contribution in [1.82, 2.24) is 9.62 Å². The van der Waals surface area contributed by atoms with E-state index in [0.717, 1.165) is 45.2 Å². The third-order valence-electron chi connectivity index (χ3n) is 6.23. The molecule has 2 aromatic carbocycles. The molecule has 0 atom stereocenters. The van der Waals surface area contributed by atoms with Crippen LogP contribution in [0.25, 0.3) is 0 Å². The van der Waals surface area contributed by atoms with Gasteiger partial charge in [0.1, 0.15) is 0 Å². The maximum Gasteiger partial charge on any atom is 0.251 e. The Morgan fingerprint density at radius 2 is 1.81 bits per heavy atom. The van der Waals surface area contributed by atoms with E-state index in [1.807, 2.05) is 0 Å². The summed E-state index contributed by atoms with van der Waals surface area (Å²) in [7, 11) is -3.55. The van der Waals surface area contributed by atoms with Gasteiger partial charge in [0, 0.05) is 44.0 Å². The fourth-order valence-electron chi connectivity index (χ4n) is 4.50. The molecule has 1 saturated heterocycles. The molecule has 2 heterocycles. The highest BCUT2D eigenvalue weighted by atomic mass is 32.2. The van der Waals surface area contributed by atoms with Crippen molar-refractivity contribution in [2.24, 2.45) is 0 Å². The van der Waals surface area contributed by atoms with E-state index < -0.39 is 10.0 Å².